The highest BCUT2D eigenvalue weighted by atomic mass is 16.5. The van der Waals surface area contributed by atoms with Gasteiger partial charge in [0, 0.05) is 32.9 Å². The predicted octanol–water partition coefficient (Wildman–Crippen LogP) is 1.82. The second kappa shape index (κ2) is 7.20. The minimum Gasteiger partial charge on any atom is -0.385 e. The van der Waals surface area contributed by atoms with E-state index in [1.807, 2.05) is 0 Å². The molecule has 0 aromatic rings. The van der Waals surface area contributed by atoms with Gasteiger partial charge in [-0.3, -0.25) is 0 Å². The van der Waals surface area contributed by atoms with E-state index < -0.39 is 0 Å². The monoisotopic (exact) mass is 215 g/mol. The van der Waals surface area contributed by atoms with Crippen LogP contribution in [0.5, 0.6) is 0 Å². The number of methoxy groups -OCH3 is 1. The minimum absolute atomic E-state index is 0.439. The molecule has 1 aliphatic heterocycles. The molecule has 1 aliphatic rings. The molecule has 0 aliphatic carbocycles. The van der Waals surface area contributed by atoms with Gasteiger partial charge in [-0.2, -0.15) is 0 Å². The number of ether oxygens (including phenoxy) is 2. The lowest BCUT2D eigenvalue weighted by Crippen LogP contribution is -2.39. The van der Waals surface area contributed by atoms with Crippen molar-refractivity contribution in [3.63, 3.8) is 0 Å². The van der Waals surface area contributed by atoms with Crippen LogP contribution in [0.4, 0.5) is 0 Å². The van der Waals surface area contributed by atoms with E-state index in [9.17, 15) is 0 Å². The Morgan fingerprint density at radius 3 is 2.80 bits per heavy atom. The van der Waals surface area contributed by atoms with Crippen LogP contribution in [0.2, 0.25) is 0 Å². The van der Waals surface area contributed by atoms with Crippen LogP contribution in [0.1, 0.15) is 33.1 Å². The Balaban J connectivity index is 2.17. The Bertz CT molecular complexity index is 156. The van der Waals surface area contributed by atoms with Crippen LogP contribution in [-0.2, 0) is 9.47 Å². The molecule has 1 heterocycles. The Morgan fingerprint density at radius 1 is 1.47 bits per heavy atom. The molecule has 3 heteroatoms. The molecule has 0 aromatic carbocycles. The topological polar surface area (TPSA) is 30.5 Å². The first-order valence-corrected chi connectivity index (χ1v) is 6.08. The zero-order valence-corrected chi connectivity index (χ0v) is 10.3. The zero-order chi connectivity index (χ0) is 11.1. The molecule has 1 N–H and O–H groups in total. The Labute approximate surface area is 93.5 Å². The number of rotatable bonds is 7. The van der Waals surface area contributed by atoms with Crippen molar-refractivity contribution >= 4 is 0 Å². The highest BCUT2D eigenvalue weighted by Gasteiger charge is 2.18. The molecule has 0 radical (unpaired) electrons. The van der Waals surface area contributed by atoms with E-state index in [4.69, 9.17) is 9.47 Å². The van der Waals surface area contributed by atoms with Gasteiger partial charge in [0.25, 0.3) is 0 Å². The molecule has 2 unspecified atom stereocenters. The molecule has 0 spiro atoms. The van der Waals surface area contributed by atoms with Crippen LogP contribution in [0.15, 0.2) is 0 Å². The fourth-order valence-corrected chi connectivity index (χ4v) is 2.00. The third-order valence-corrected chi connectivity index (χ3v) is 3.07. The van der Waals surface area contributed by atoms with Gasteiger partial charge in [-0.1, -0.05) is 13.8 Å². The third kappa shape index (κ3) is 4.96. The Hall–Kier alpha value is -0.120. The van der Waals surface area contributed by atoms with E-state index in [1.165, 1.54) is 12.8 Å². The molecule has 3 nitrogen and oxygen atoms in total. The summed E-state index contributed by atoms with van der Waals surface area (Å²) in [5.74, 6) is 0.654. The summed E-state index contributed by atoms with van der Waals surface area (Å²) in [5.41, 5.74) is 0. The van der Waals surface area contributed by atoms with E-state index in [0.717, 1.165) is 26.2 Å². The fraction of sp³-hybridized carbons (Fsp3) is 1.00. The van der Waals surface area contributed by atoms with Gasteiger partial charge in [0.15, 0.2) is 0 Å². The average molecular weight is 215 g/mol. The Morgan fingerprint density at radius 2 is 2.27 bits per heavy atom. The van der Waals surface area contributed by atoms with Crippen molar-refractivity contribution in [2.24, 2.45) is 5.92 Å². The second-order valence-electron chi connectivity index (χ2n) is 4.68. The van der Waals surface area contributed by atoms with Crippen LogP contribution in [0.25, 0.3) is 0 Å². The van der Waals surface area contributed by atoms with Gasteiger partial charge in [-0.05, 0) is 25.2 Å². The van der Waals surface area contributed by atoms with Crippen molar-refractivity contribution in [3.8, 4) is 0 Å². The lowest BCUT2D eigenvalue weighted by molar-refractivity contribution is 0.102. The maximum absolute atomic E-state index is 5.59. The summed E-state index contributed by atoms with van der Waals surface area (Å²) >= 11 is 0. The first-order chi connectivity index (χ1) is 7.24. The summed E-state index contributed by atoms with van der Waals surface area (Å²) < 4.78 is 10.7. The smallest absolute Gasteiger partial charge is 0.0700 e. The second-order valence-corrected chi connectivity index (χ2v) is 4.68. The zero-order valence-electron chi connectivity index (χ0n) is 10.3. The van der Waals surface area contributed by atoms with Gasteiger partial charge >= 0.3 is 0 Å². The molecule has 0 amide bonds. The summed E-state index contributed by atoms with van der Waals surface area (Å²) in [7, 11) is 1.76. The molecule has 90 valence electrons. The van der Waals surface area contributed by atoms with E-state index in [-0.39, 0.29) is 0 Å². The van der Waals surface area contributed by atoms with Gasteiger partial charge in [0.05, 0.1) is 6.10 Å². The van der Waals surface area contributed by atoms with E-state index in [0.29, 0.717) is 18.1 Å². The largest absolute Gasteiger partial charge is 0.385 e. The standard InChI is InChI=1S/C12H25NO2/c1-10(2)12(6-8-14-3)13-9-11-5-4-7-15-11/h10-13H,4-9H2,1-3H3. The molecule has 1 fully saturated rings. The van der Waals surface area contributed by atoms with Crippen LogP contribution in [0, 0.1) is 5.92 Å². The summed E-state index contributed by atoms with van der Waals surface area (Å²) in [4.78, 5) is 0. The van der Waals surface area contributed by atoms with Gasteiger partial charge in [0.1, 0.15) is 0 Å². The van der Waals surface area contributed by atoms with E-state index in [2.05, 4.69) is 19.2 Å². The van der Waals surface area contributed by atoms with E-state index in [1.54, 1.807) is 7.11 Å². The number of hydrogen-bond acceptors (Lipinski definition) is 3. The van der Waals surface area contributed by atoms with Crippen LogP contribution < -0.4 is 5.32 Å². The van der Waals surface area contributed by atoms with Crippen LogP contribution >= 0.6 is 0 Å². The van der Waals surface area contributed by atoms with Gasteiger partial charge < -0.3 is 14.8 Å². The minimum atomic E-state index is 0.439. The number of nitrogens with one attached hydrogen (secondary N) is 1. The molecule has 2 atom stereocenters. The highest BCUT2D eigenvalue weighted by molar-refractivity contribution is 4.75. The molecule has 0 aromatic heterocycles. The molecule has 0 saturated carbocycles. The van der Waals surface area contributed by atoms with Gasteiger partial charge in [-0.25, -0.2) is 0 Å². The van der Waals surface area contributed by atoms with Crippen molar-refractivity contribution < 1.29 is 9.47 Å². The normalized spacial score (nSPS) is 23.6. The van der Waals surface area contributed by atoms with Gasteiger partial charge in [0.2, 0.25) is 0 Å². The van der Waals surface area contributed by atoms with Crippen molar-refractivity contribution in [1.29, 1.82) is 0 Å². The van der Waals surface area contributed by atoms with Crippen LogP contribution in [-0.4, -0.2) is 39.0 Å². The highest BCUT2D eigenvalue weighted by Crippen LogP contribution is 2.12. The maximum atomic E-state index is 5.59. The molecule has 0 bridgehead atoms. The molecular weight excluding hydrogens is 190 g/mol. The fourth-order valence-electron chi connectivity index (χ4n) is 2.00. The first kappa shape index (κ1) is 12.9. The van der Waals surface area contributed by atoms with Crippen molar-refractivity contribution in [3.05, 3.63) is 0 Å². The molecule has 1 rings (SSSR count). The summed E-state index contributed by atoms with van der Waals surface area (Å²) in [5, 5.41) is 3.59. The van der Waals surface area contributed by atoms with Crippen LogP contribution in [0.3, 0.4) is 0 Å². The predicted molar refractivity (Wildman–Crippen MR) is 62.1 cm³/mol. The summed E-state index contributed by atoms with van der Waals surface area (Å²) in [6.45, 7) is 7.27. The van der Waals surface area contributed by atoms with Crippen molar-refractivity contribution in [2.75, 3.05) is 26.9 Å². The lowest BCUT2D eigenvalue weighted by atomic mass is 10.0. The average Bonchev–Trinajstić information content (AvgIpc) is 2.70. The van der Waals surface area contributed by atoms with Gasteiger partial charge in [-0.15, -0.1) is 0 Å². The molecule has 1 saturated heterocycles. The van der Waals surface area contributed by atoms with Crippen molar-refractivity contribution in [1.82, 2.24) is 5.32 Å². The summed E-state index contributed by atoms with van der Waals surface area (Å²) in [6, 6.07) is 0.550. The SMILES string of the molecule is COCCC(NCC1CCCO1)C(C)C. The van der Waals surface area contributed by atoms with Crippen molar-refractivity contribution in [2.45, 2.75) is 45.3 Å². The molecule has 15 heavy (non-hydrogen) atoms. The maximum Gasteiger partial charge on any atom is 0.0700 e. The first-order valence-electron chi connectivity index (χ1n) is 6.08. The lowest BCUT2D eigenvalue weighted by Gasteiger charge is -2.23. The Kier molecular flexibility index (Phi) is 6.22. The third-order valence-electron chi connectivity index (χ3n) is 3.07. The number of hydrogen-bond donors (Lipinski definition) is 1. The molecular formula is C12H25NO2. The quantitative estimate of drug-likeness (QED) is 0.702. The summed E-state index contributed by atoms with van der Waals surface area (Å²) in [6.07, 6.45) is 3.95. The van der Waals surface area contributed by atoms with E-state index >= 15 is 0 Å².